The van der Waals surface area contributed by atoms with Gasteiger partial charge in [0.1, 0.15) is 12.4 Å². The first-order valence-corrected chi connectivity index (χ1v) is 13.5. The van der Waals surface area contributed by atoms with Gasteiger partial charge in [0.2, 0.25) is 0 Å². The molecule has 6 nitrogen and oxygen atoms in total. The zero-order valence-electron chi connectivity index (χ0n) is 20.6. The zero-order chi connectivity index (χ0) is 23.7. The van der Waals surface area contributed by atoms with Gasteiger partial charge in [-0.3, -0.25) is 4.90 Å². The first-order valence-electron chi connectivity index (χ1n) is 13.5. The van der Waals surface area contributed by atoms with Gasteiger partial charge in [-0.25, -0.2) is 0 Å². The molecule has 2 atom stereocenters. The fraction of sp³-hybridized carbons (Fsp3) is 0.586. The van der Waals surface area contributed by atoms with Crippen molar-refractivity contribution >= 4 is 0 Å². The van der Waals surface area contributed by atoms with Gasteiger partial charge < -0.3 is 24.7 Å². The number of para-hydroxylation sites is 1. The molecule has 1 aliphatic carbocycles. The van der Waals surface area contributed by atoms with Crippen LogP contribution in [0.5, 0.6) is 17.2 Å². The van der Waals surface area contributed by atoms with Crippen LogP contribution in [0, 0.1) is 5.92 Å². The molecule has 2 fully saturated rings. The number of ether oxygens (including phenoxy) is 4. The first-order chi connectivity index (χ1) is 17.2. The smallest absolute Gasteiger partial charge is 0.251 e. The summed E-state index contributed by atoms with van der Waals surface area (Å²) in [6.45, 7) is 4.34. The van der Waals surface area contributed by atoms with Crippen molar-refractivity contribution in [3.63, 3.8) is 0 Å². The minimum absolute atomic E-state index is 0.0714. The molecule has 4 aliphatic rings. The molecule has 2 unspecified atom stereocenters. The highest BCUT2D eigenvalue weighted by Gasteiger charge is 2.45. The van der Waals surface area contributed by atoms with E-state index in [2.05, 4.69) is 17.0 Å². The lowest BCUT2D eigenvalue weighted by Gasteiger charge is -2.40. The number of fused-ring (bicyclic) bond motifs is 3. The molecule has 0 bridgehead atoms. The largest absolute Gasteiger partial charge is 0.492 e. The topological polar surface area (TPSA) is 66.2 Å². The van der Waals surface area contributed by atoms with Crippen molar-refractivity contribution in [3.05, 3.63) is 53.6 Å². The van der Waals surface area contributed by atoms with E-state index in [1.165, 1.54) is 30.4 Å². The van der Waals surface area contributed by atoms with Gasteiger partial charge in [0.05, 0.1) is 12.2 Å². The molecule has 188 valence electrons. The van der Waals surface area contributed by atoms with Gasteiger partial charge in [0, 0.05) is 37.9 Å². The summed E-state index contributed by atoms with van der Waals surface area (Å²) in [5.41, 5.74) is 8.66. The van der Waals surface area contributed by atoms with Crippen molar-refractivity contribution in [2.45, 2.75) is 69.4 Å². The zero-order valence-corrected chi connectivity index (χ0v) is 20.6. The second-order valence-corrected chi connectivity index (χ2v) is 10.6. The third-order valence-corrected chi connectivity index (χ3v) is 8.34. The number of nitrogens with zero attached hydrogens (tertiary/aromatic N) is 1. The van der Waals surface area contributed by atoms with Crippen molar-refractivity contribution in [2.75, 3.05) is 32.8 Å². The summed E-state index contributed by atoms with van der Waals surface area (Å²) in [7, 11) is 0. The van der Waals surface area contributed by atoms with Crippen molar-refractivity contribution in [1.82, 2.24) is 4.90 Å². The van der Waals surface area contributed by atoms with E-state index in [1.807, 2.05) is 30.3 Å². The highest BCUT2D eigenvalue weighted by atomic mass is 16.7. The molecule has 2 aromatic rings. The SMILES string of the molecule is NCC1OC(C2CCN(CCOc3ccccc3)CC2)Cc2c1ccc1c2OC2(CCCCC2)O1. The van der Waals surface area contributed by atoms with Crippen LogP contribution in [-0.4, -0.2) is 49.6 Å². The van der Waals surface area contributed by atoms with Crippen LogP contribution in [0.25, 0.3) is 0 Å². The molecule has 35 heavy (non-hydrogen) atoms. The first kappa shape index (κ1) is 23.1. The van der Waals surface area contributed by atoms with Crippen molar-refractivity contribution in [1.29, 1.82) is 0 Å². The van der Waals surface area contributed by atoms with E-state index in [0.29, 0.717) is 12.5 Å². The van der Waals surface area contributed by atoms with E-state index < -0.39 is 5.79 Å². The van der Waals surface area contributed by atoms with Crippen molar-refractivity contribution in [2.24, 2.45) is 11.7 Å². The van der Waals surface area contributed by atoms with Gasteiger partial charge in [0.15, 0.2) is 11.5 Å². The Balaban J connectivity index is 1.09. The van der Waals surface area contributed by atoms with E-state index in [1.54, 1.807) is 0 Å². The van der Waals surface area contributed by atoms with E-state index >= 15 is 0 Å². The third kappa shape index (κ3) is 4.76. The van der Waals surface area contributed by atoms with E-state index in [4.69, 9.17) is 24.7 Å². The summed E-state index contributed by atoms with van der Waals surface area (Å²) in [4.78, 5) is 2.51. The van der Waals surface area contributed by atoms with Crippen LogP contribution in [0.4, 0.5) is 0 Å². The Bertz CT molecular complexity index is 999. The van der Waals surface area contributed by atoms with Crippen molar-refractivity contribution in [3.8, 4) is 17.2 Å². The number of nitrogens with two attached hydrogens (primary N) is 1. The Morgan fingerprint density at radius 2 is 1.77 bits per heavy atom. The molecular weight excluding hydrogens is 440 g/mol. The predicted octanol–water partition coefficient (Wildman–Crippen LogP) is 4.85. The van der Waals surface area contributed by atoms with Gasteiger partial charge in [-0.05, 0) is 68.5 Å². The Hall–Kier alpha value is -2.28. The van der Waals surface area contributed by atoms with E-state index in [-0.39, 0.29) is 12.2 Å². The van der Waals surface area contributed by atoms with Gasteiger partial charge >= 0.3 is 0 Å². The number of benzene rings is 2. The van der Waals surface area contributed by atoms with Crippen LogP contribution in [0.3, 0.4) is 0 Å². The summed E-state index contributed by atoms with van der Waals surface area (Å²) in [5, 5.41) is 0. The molecule has 3 heterocycles. The number of rotatable bonds is 6. The van der Waals surface area contributed by atoms with Crippen LogP contribution < -0.4 is 19.9 Å². The maximum absolute atomic E-state index is 6.62. The van der Waals surface area contributed by atoms with Crippen LogP contribution in [0.1, 0.15) is 62.2 Å². The number of piperidine rings is 1. The molecule has 6 rings (SSSR count). The van der Waals surface area contributed by atoms with Crippen LogP contribution in [0.15, 0.2) is 42.5 Å². The fourth-order valence-corrected chi connectivity index (χ4v) is 6.38. The van der Waals surface area contributed by atoms with Crippen LogP contribution in [-0.2, 0) is 11.2 Å². The average Bonchev–Trinajstić information content (AvgIpc) is 3.27. The molecule has 1 saturated heterocycles. The highest BCUT2D eigenvalue weighted by molar-refractivity contribution is 5.55. The molecule has 1 spiro atoms. The summed E-state index contributed by atoms with van der Waals surface area (Å²) in [6.07, 6.45) is 8.82. The molecular formula is C29H38N2O4. The Morgan fingerprint density at radius 3 is 2.54 bits per heavy atom. The van der Waals surface area contributed by atoms with Gasteiger partial charge in [-0.15, -0.1) is 0 Å². The normalized spacial score (nSPS) is 26.0. The number of hydrogen-bond donors (Lipinski definition) is 1. The Morgan fingerprint density at radius 1 is 0.971 bits per heavy atom. The maximum Gasteiger partial charge on any atom is 0.251 e. The Labute approximate surface area is 208 Å². The lowest BCUT2D eigenvalue weighted by atomic mass is 9.83. The molecule has 0 radical (unpaired) electrons. The van der Waals surface area contributed by atoms with E-state index in [9.17, 15) is 0 Å². The van der Waals surface area contributed by atoms with Crippen LogP contribution >= 0.6 is 0 Å². The second-order valence-electron chi connectivity index (χ2n) is 10.6. The van der Waals surface area contributed by atoms with Crippen molar-refractivity contribution < 1.29 is 18.9 Å². The average molecular weight is 479 g/mol. The second kappa shape index (κ2) is 10.00. The summed E-state index contributed by atoms with van der Waals surface area (Å²) >= 11 is 0. The minimum atomic E-state index is -0.450. The molecule has 3 aliphatic heterocycles. The van der Waals surface area contributed by atoms with Gasteiger partial charge in [-0.1, -0.05) is 30.7 Å². The summed E-state index contributed by atoms with van der Waals surface area (Å²) in [5.74, 6) is 2.90. The lowest BCUT2D eigenvalue weighted by Crippen LogP contribution is -2.43. The summed E-state index contributed by atoms with van der Waals surface area (Å²) in [6, 6.07) is 14.3. The third-order valence-electron chi connectivity index (χ3n) is 8.34. The predicted molar refractivity (Wildman–Crippen MR) is 135 cm³/mol. The van der Waals surface area contributed by atoms with Gasteiger partial charge in [0.25, 0.3) is 5.79 Å². The van der Waals surface area contributed by atoms with Crippen LogP contribution in [0.2, 0.25) is 0 Å². The van der Waals surface area contributed by atoms with E-state index in [0.717, 1.165) is 75.6 Å². The number of likely N-dealkylation sites (tertiary alicyclic amines) is 1. The Kier molecular flexibility index (Phi) is 6.61. The molecule has 2 N–H and O–H groups in total. The quantitative estimate of drug-likeness (QED) is 0.640. The lowest BCUT2D eigenvalue weighted by molar-refractivity contribution is -0.106. The number of hydrogen-bond acceptors (Lipinski definition) is 6. The van der Waals surface area contributed by atoms with Gasteiger partial charge in [-0.2, -0.15) is 0 Å². The maximum atomic E-state index is 6.62. The molecule has 6 heteroatoms. The highest BCUT2D eigenvalue weighted by Crippen LogP contribution is 2.51. The molecule has 2 aromatic carbocycles. The fourth-order valence-electron chi connectivity index (χ4n) is 6.38. The molecule has 0 amide bonds. The minimum Gasteiger partial charge on any atom is -0.492 e. The standard InChI is InChI=1S/C29H38N2O4/c30-20-27-23-9-10-25-28(35-29(34-25)13-5-2-6-14-29)24(23)19-26(33-27)21-11-15-31(16-12-21)17-18-32-22-7-3-1-4-8-22/h1,3-4,7-10,21,26-27H,2,5-6,11-20,30H2. The molecule has 1 saturated carbocycles. The molecule has 0 aromatic heterocycles. The summed E-state index contributed by atoms with van der Waals surface area (Å²) < 4.78 is 25.6. The monoisotopic (exact) mass is 478 g/mol.